The SMILES string of the molecule is Nc1ncnc2c1c1ccc(O)cc1n2CC(=O)N1[C@@H]2C[C@@H]2C[C@H]1C(=O)Nc1cccc(Br)n1. The van der Waals surface area contributed by atoms with Crippen molar-refractivity contribution in [2.24, 2.45) is 5.92 Å². The first-order valence-corrected chi connectivity index (χ1v) is 11.7. The number of nitrogens with two attached hydrogens (primary N) is 1. The van der Waals surface area contributed by atoms with E-state index < -0.39 is 6.04 Å². The molecule has 2 aliphatic rings. The number of phenolic OH excluding ortho intramolecular Hbond substituents is 1. The molecule has 3 aromatic heterocycles. The number of fused-ring (bicyclic) bond motifs is 4. The van der Waals surface area contributed by atoms with E-state index in [1.165, 1.54) is 6.33 Å². The molecule has 11 heteroatoms. The fourth-order valence-electron chi connectivity index (χ4n) is 5.03. The molecule has 34 heavy (non-hydrogen) atoms. The molecule has 10 nitrogen and oxygen atoms in total. The topological polar surface area (TPSA) is 139 Å². The van der Waals surface area contributed by atoms with E-state index in [0.717, 1.165) is 11.8 Å². The summed E-state index contributed by atoms with van der Waals surface area (Å²) in [6, 6.07) is 9.63. The first kappa shape index (κ1) is 20.8. The second kappa shape index (κ2) is 7.66. The Bertz CT molecular complexity index is 1490. The van der Waals surface area contributed by atoms with E-state index in [4.69, 9.17) is 5.73 Å². The lowest BCUT2D eigenvalue weighted by Gasteiger charge is -2.27. The number of phenols is 1. The quantitative estimate of drug-likeness (QED) is 0.350. The van der Waals surface area contributed by atoms with Crippen molar-refractivity contribution in [1.82, 2.24) is 24.4 Å². The molecule has 3 atom stereocenters. The third kappa shape index (κ3) is 3.35. The number of carbonyl (C=O) groups is 2. The van der Waals surface area contributed by atoms with Crippen molar-refractivity contribution in [3.8, 4) is 5.75 Å². The normalized spacial score (nSPS) is 21.1. The molecule has 4 aromatic rings. The number of anilines is 2. The Labute approximate surface area is 201 Å². The van der Waals surface area contributed by atoms with Crippen LogP contribution < -0.4 is 11.1 Å². The number of hydrogen-bond acceptors (Lipinski definition) is 7. The molecule has 1 saturated heterocycles. The first-order chi connectivity index (χ1) is 16.4. The average Bonchev–Trinajstić information content (AvgIpc) is 3.35. The minimum absolute atomic E-state index is 0.0396. The highest BCUT2D eigenvalue weighted by Crippen LogP contribution is 2.48. The van der Waals surface area contributed by atoms with Crippen LogP contribution >= 0.6 is 15.9 Å². The number of rotatable bonds is 4. The predicted molar refractivity (Wildman–Crippen MR) is 129 cm³/mol. The number of likely N-dealkylation sites (tertiary alicyclic amines) is 1. The monoisotopic (exact) mass is 521 g/mol. The largest absolute Gasteiger partial charge is 0.508 e. The summed E-state index contributed by atoms with van der Waals surface area (Å²) in [7, 11) is 0. The van der Waals surface area contributed by atoms with E-state index in [1.807, 2.05) is 0 Å². The van der Waals surface area contributed by atoms with Crippen molar-refractivity contribution in [3.05, 3.63) is 47.3 Å². The van der Waals surface area contributed by atoms with Crippen molar-refractivity contribution in [2.75, 3.05) is 11.1 Å². The maximum Gasteiger partial charge on any atom is 0.248 e. The lowest BCUT2D eigenvalue weighted by Crippen LogP contribution is -2.46. The molecule has 0 unspecified atom stereocenters. The molecular weight excluding hydrogens is 502 g/mol. The van der Waals surface area contributed by atoms with E-state index in [-0.39, 0.29) is 30.2 Å². The van der Waals surface area contributed by atoms with Crippen LogP contribution in [0.1, 0.15) is 12.8 Å². The number of halogens is 1. The Morgan fingerprint density at radius 3 is 2.88 bits per heavy atom. The number of nitrogens with one attached hydrogen (secondary N) is 1. The van der Waals surface area contributed by atoms with Crippen molar-refractivity contribution in [1.29, 1.82) is 0 Å². The molecule has 2 amide bonds. The van der Waals surface area contributed by atoms with Gasteiger partial charge in [0.2, 0.25) is 11.8 Å². The lowest BCUT2D eigenvalue weighted by atomic mass is 10.1. The number of pyridine rings is 1. The van der Waals surface area contributed by atoms with E-state index in [9.17, 15) is 14.7 Å². The summed E-state index contributed by atoms with van der Waals surface area (Å²) in [6.45, 7) is -0.0396. The molecule has 1 saturated carbocycles. The Morgan fingerprint density at radius 1 is 1.21 bits per heavy atom. The number of aromatic hydroxyl groups is 1. The average molecular weight is 522 g/mol. The number of amides is 2. The fraction of sp³-hybridized carbons (Fsp3) is 0.261. The highest BCUT2D eigenvalue weighted by atomic mass is 79.9. The molecule has 4 N–H and O–H groups in total. The second-order valence-corrected chi connectivity index (χ2v) is 9.51. The molecule has 2 fully saturated rings. The molecule has 0 bridgehead atoms. The minimum Gasteiger partial charge on any atom is -0.508 e. The van der Waals surface area contributed by atoms with Crippen LogP contribution in [0.4, 0.5) is 11.6 Å². The van der Waals surface area contributed by atoms with Crippen LogP contribution in [0.25, 0.3) is 21.9 Å². The third-order valence-corrected chi connectivity index (χ3v) is 7.05. The molecular formula is C23H20BrN7O3. The fourth-order valence-corrected chi connectivity index (χ4v) is 5.38. The summed E-state index contributed by atoms with van der Waals surface area (Å²) in [5, 5.41) is 14.3. The Morgan fingerprint density at radius 2 is 2.06 bits per heavy atom. The first-order valence-electron chi connectivity index (χ1n) is 10.9. The zero-order valence-electron chi connectivity index (χ0n) is 17.8. The van der Waals surface area contributed by atoms with Gasteiger partial charge in [-0.25, -0.2) is 15.0 Å². The van der Waals surface area contributed by atoms with Crippen molar-refractivity contribution in [2.45, 2.75) is 31.5 Å². The van der Waals surface area contributed by atoms with Gasteiger partial charge in [0.25, 0.3) is 0 Å². The molecule has 1 aliphatic heterocycles. The number of piperidine rings is 1. The minimum atomic E-state index is -0.571. The highest BCUT2D eigenvalue weighted by Gasteiger charge is 2.56. The van der Waals surface area contributed by atoms with Crippen LogP contribution in [0, 0.1) is 5.92 Å². The van der Waals surface area contributed by atoms with Crippen molar-refractivity contribution in [3.63, 3.8) is 0 Å². The number of hydrogen-bond donors (Lipinski definition) is 3. The molecule has 4 heterocycles. The number of nitrogens with zero attached hydrogens (tertiary/aromatic N) is 5. The Hall–Kier alpha value is -3.73. The summed E-state index contributed by atoms with van der Waals surface area (Å²) in [5.41, 5.74) is 7.25. The van der Waals surface area contributed by atoms with Crippen LogP contribution in [0.3, 0.4) is 0 Å². The zero-order chi connectivity index (χ0) is 23.6. The molecule has 1 aromatic carbocycles. The summed E-state index contributed by atoms with van der Waals surface area (Å²) in [4.78, 5) is 41.1. The number of nitrogen functional groups attached to an aromatic ring is 1. The van der Waals surface area contributed by atoms with E-state index >= 15 is 0 Å². The van der Waals surface area contributed by atoms with Crippen LogP contribution in [0.15, 0.2) is 47.3 Å². The van der Waals surface area contributed by atoms with E-state index in [2.05, 4.69) is 36.2 Å². The third-order valence-electron chi connectivity index (χ3n) is 6.61. The summed E-state index contributed by atoms with van der Waals surface area (Å²) in [5.74, 6) is 0.684. The second-order valence-electron chi connectivity index (χ2n) is 8.70. The van der Waals surface area contributed by atoms with Crippen molar-refractivity contribution >= 4 is 61.3 Å². The summed E-state index contributed by atoms with van der Waals surface area (Å²) >= 11 is 3.30. The number of carbonyl (C=O) groups excluding carboxylic acids is 2. The molecule has 1 aliphatic carbocycles. The van der Waals surface area contributed by atoms with Crippen LogP contribution in [0.2, 0.25) is 0 Å². The van der Waals surface area contributed by atoms with Crippen molar-refractivity contribution < 1.29 is 14.7 Å². The maximum absolute atomic E-state index is 13.6. The van der Waals surface area contributed by atoms with Gasteiger partial charge in [-0.3, -0.25) is 9.59 Å². The standard InChI is InChI=1S/C23H20BrN7O3/c24-17-2-1-3-18(28-17)29-23(34)16-7-11-6-14(11)31(16)19(33)9-30-15-8-12(32)4-5-13(15)20-21(25)26-10-27-22(20)30/h1-5,8,10-11,14,16,32H,6-7,9H2,(H2,25,26,27)(H,28,29,34)/t11-,14-,16+/m1/s1. The van der Waals surface area contributed by atoms with Crippen LogP contribution in [-0.2, 0) is 16.1 Å². The van der Waals surface area contributed by atoms with Gasteiger partial charge in [-0.05, 0) is 59.0 Å². The van der Waals surface area contributed by atoms with Gasteiger partial charge < -0.3 is 25.6 Å². The van der Waals surface area contributed by atoms with Gasteiger partial charge in [-0.15, -0.1) is 0 Å². The van der Waals surface area contributed by atoms with Gasteiger partial charge >= 0.3 is 0 Å². The smallest absolute Gasteiger partial charge is 0.248 e. The number of aromatic nitrogens is 4. The van der Waals surface area contributed by atoms with Crippen LogP contribution in [0.5, 0.6) is 5.75 Å². The van der Waals surface area contributed by atoms with E-state index in [0.29, 0.717) is 45.1 Å². The Balaban J connectivity index is 1.33. The molecule has 172 valence electrons. The van der Waals surface area contributed by atoms with Gasteiger partial charge in [0.1, 0.15) is 46.5 Å². The maximum atomic E-state index is 13.6. The summed E-state index contributed by atoms with van der Waals surface area (Å²) in [6.07, 6.45) is 2.87. The molecule has 6 rings (SSSR count). The highest BCUT2D eigenvalue weighted by molar-refractivity contribution is 9.10. The van der Waals surface area contributed by atoms with Gasteiger partial charge in [0, 0.05) is 17.5 Å². The molecule has 0 radical (unpaired) electrons. The summed E-state index contributed by atoms with van der Waals surface area (Å²) < 4.78 is 2.34. The predicted octanol–water partition coefficient (Wildman–Crippen LogP) is 2.66. The lowest BCUT2D eigenvalue weighted by molar-refractivity contribution is -0.138. The van der Waals surface area contributed by atoms with Crippen LogP contribution in [-0.4, -0.2) is 53.4 Å². The molecule has 0 spiro atoms. The zero-order valence-corrected chi connectivity index (χ0v) is 19.4. The van der Waals surface area contributed by atoms with Gasteiger partial charge in [-0.1, -0.05) is 6.07 Å². The van der Waals surface area contributed by atoms with Gasteiger partial charge in [-0.2, -0.15) is 0 Å². The van der Waals surface area contributed by atoms with E-state index in [1.54, 1.807) is 45.9 Å². The Kier molecular flexibility index (Phi) is 4.70. The van der Waals surface area contributed by atoms with Gasteiger partial charge in [0.05, 0.1) is 10.9 Å². The van der Waals surface area contributed by atoms with Gasteiger partial charge in [0.15, 0.2) is 0 Å². The number of benzene rings is 1.